The lowest BCUT2D eigenvalue weighted by Crippen LogP contribution is -2.37. The van der Waals surface area contributed by atoms with Crippen molar-refractivity contribution in [3.05, 3.63) is 59.4 Å². The van der Waals surface area contributed by atoms with Crippen molar-refractivity contribution >= 4 is 15.9 Å². The van der Waals surface area contributed by atoms with E-state index in [0.717, 1.165) is 55.4 Å². The number of hydrogen-bond donors (Lipinski definition) is 2. The van der Waals surface area contributed by atoms with Crippen LogP contribution < -0.4 is 14.8 Å². The van der Waals surface area contributed by atoms with Crippen LogP contribution in [-0.4, -0.2) is 53.0 Å². The van der Waals surface area contributed by atoms with Crippen molar-refractivity contribution in [2.45, 2.75) is 23.8 Å². The molecular weight excluding hydrogens is 409 g/mol. The molecular formula is C21H26FN3O4S. The van der Waals surface area contributed by atoms with Crippen LogP contribution in [0.3, 0.4) is 0 Å². The first-order valence-electron chi connectivity index (χ1n) is 9.75. The van der Waals surface area contributed by atoms with Gasteiger partial charge in [-0.15, -0.1) is 0 Å². The number of hydrogen-bond acceptors (Lipinski definition) is 5. The molecule has 1 amide bonds. The van der Waals surface area contributed by atoms with E-state index in [-0.39, 0.29) is 23.0 Å². The molecule has 3 rings (SSSR count). The van der Waals surface area contributed by atoms with Gasteiger partial charge >= 0.3 is 0 Å². The maximum absolute atomic E-state index is 14.3. The second-order valence-corrected chi connectivity index (χ2v) is 8.95. The molecule has 0 spiro atoms. The van der Waals surface area contributed by atoms with Crippen LogP contribution in [-0.2, 0) is 10.0 Å². The van der Waals surface area contributed by atoms with Crippen molar-refractivity contribution in [1.29, 1.82) is 0 Å². The highest BCUT2D eigenvalue weighted by Crippen LogP contribution is 2.31. The van der Waals surface area contributed by atoms with Crippen LogP contribution in [0.2, 0.25) is 0 Å². The quantitative estimate of drug-likeness (QED) is 0.665. The molecule has 1 saturated heterocycles. The standard InChI is InChI=1S/C21H26FN3O4S/c1-23-30(27,28)15-9-10-18(22)17(13-15)21(26)24-14-19(25-11-5-6-12-25)16-7-3-4-8-20(16)29-2/h3-4,7-10,13,19,23H,5-6,11-12,14H2,1-2H3,(H,24,26). The number of amides is 1. The molecule has 0 aliphatic carbocycles. The van der Waals surface area contributed by atoms with Crippen LogP contribution in [0.5, 0.6) is 5.75 Å². The van der Waals surface area contributed by atoms with E-state index in [9.17, 15) is 17.6 Å². The minimum absolute atomic E-state index is 0.139. The summed E-state index contributed by atoms with van der Waals surface area (Å²) in [7, 11) is -0.934. The average Bonchev–Trinajstić information content (AvgIpc) is 3.28. The Bertz CT molecular complexity index is 1010. The van der Waals surface area contributed by atoms with Crippen LogP contribution in [0.25, 0.3) is 0 Å². The number of nitrogens with zero attached hydrogens (tertiary/aromatic N) is 1. The van der Waals surface area contributed by atoms with Gasteiger partial charge < -0.3 is 10.1 Å². The summed E-state index contributed by atoms with van der Waals surface area (Å²) in [5, 5.41) is 2.77. The van der Waals surface area contributed by atoms with Gasteiger partial charge in [-0.3, -0.25) is 9.69 Å². The third kappa shape index (κ3) is 4.80. The molecule has 30 heavy (non-hydrogen) atoms. The molecule has 0 aromatic heterocycles. The largest absolute Gasteiger partial charge is 0.496 e. The molecule has 1 aliphatic heterocycles. The lowest BCUT2D eigenvalue weighted by atomic mass is 10.0. The summed E-state index contributed by atoms with van der Waals surface area (Å²) >= 11 is 0. The fraction of sp³-hybridized carbons (Fsp3) is 0.381. The highest BCUT2D eigenvalue weighted by atomic mass is 32.2. The van der Waals surface area contributed by atoms with E-state index in [1.807, 2.05) is 24.3 Å². The summed E-state index contributed by atoms with van der Waals surface area (Å²) in [6, 6.07) is 10.6. The Morgan fingerprint density at radius 3 is 2.57 bits per heavy atom. The molecule has 0 saturated carbocycles. The molecule has 2 aromatic carbocycles. The number of carbonyl (C=O) groups excluding carboxylic acids is 1. The van der Waals surface area contributed by atoms with E-state index in [4.69, 9.17) is 4.74 Å². The number of rotatable bonds is 8. The third-order valence-electron chi connectivity index (χ3n) is 5.30. The van der Waals surface area contributed by atoms with Crippen molar-refractivity contribution in [2.75, 3.05) is 33.8 Å². The molecule has 0 bridgehead atoms. The first-order valence-corrected chi connectivity index (χ1v) is 11.2. The number of para-hydroxylation sites is 1. The van der Waals surface area contributed by atoms with Gasteiger partial charge in [0.1, 0.15) is 11.6 Å². The molecule has 7 nitrogen and oxygen atoms in total. The Hall–Kier alpha value is -2.49. The van der Waals surface area contributed by atoms with Gasteiger partial charge in [0.2, 0.25) is 10.0 Å². The molecule has 162 valence electrons. The molecule has 1 fully saturated rings. The summed E-state index contributed by atoms with van der Waals surface area (Å²) < 4.78 is 45.9. The summed E-state index contributed by atoms with van der Waals surface area (Å²) in [6.07, 6.45) is 2.14. The van der Waals surface area contributed by atoms with Crippen molar-refractivity contribution in [1.82, 2.24) is 14.9 Å². The van der Waals surface area contributed by atoms with Crippen molar-refractivity contribution in [3.8, 4) is 5.75 Å². The van der Waals surface area contributed by atoms with Gasteiger partial charge in [-0.25, -0.2) is 17.5 Å². The zero-order valence-electron chi connectivity index (χ0n) is 17.0. The fourth-order valence-electron chi connectivity index (χ4n) is 3.68. The van der Waals surface area contributed by atoms with Gasteiger partial charge in [0.25, 0.3) is 5.91 Å². The van der Waals surface area contributed by atoms with Gasteiger partial charge in [0.15, 0.2) is 0 Å². The lowest BCUT2D eigenvalue weighted by Gasteiger charge is -2.29. The summed E-state index contributed by atoms with van der Waals surface area (Å²) in [4.78, 5) is 14.8. The number of ether oxygens (including phenoxy) is 1. The van der Waals surface area contributed by atoms with E-state index < -0.39 is 21.7 Å². The summed E-state index contributed by atoms with van der Waals surface area (Å²) in [5.41, 5.74) is 0.626. The maximum atomic E-state index is 14.3. The number of halogens is 1. The molecule has 9 heteroatoms. The van der Waals surface area contributed by atoms with E-state index in [1.54, 1.807) is 7.11 Å². The van der Waals surface area contributed by atoms with Crippen molar-refractivity contribution < 1.29 is 22.3 Å². The second kappa shape index (κ2) is 9.55. The van der Waals surface area contributed by atoms with E-state index in [1.165, 1.54) is 7.05 Å². The number of methoxy groups -OCH3 is 1. The Morgan fingerprint density at radius 2 is 1.90 bits per heavy atom. The predicted octanol–water partition coefficient (Wildman–Crippen LogP) is 2.31. The predicted molar refractivity (Wildman–Crippen MR) is 112 cm³/mol. The first-order chi connectivity index (χ1) is 14.4. The molecule has 2 N–H and O–H groups in total. The smallest absolute Gasteiger partial charge is 0.254 e. The SMILES string of the molecule is CNS(=O)(=O)c1ccc(F)c(C(=O)NCC(c2ccccc2OC)N2CCCC2)c1. The van der Waals surface area contributed by atoms with Crippen LogP contribution in [0.15, 0.2) is 47.4 Å². The fourth-order valence-corrected chi connectivity index (χ4v) is 4.43. The van der Waals surface area contributed by atoms with Gasteiger partial charge in [-0.1, -0.05) is 18.2 Å². The number of nitrogens with one attached hydrogen (secondary N) is 2. The van der Waals surface area contributed by atoms with Gasteiger partial charge in [-0.05, 0) is 57.2 Å². The highest BCUT2D eigenvalue weighted by Gasteiger charge is 2.27. The Morgan fingerprint density at radius 1 is 1.20 bits per heavy atom. The molecule has 1 heterocycles. The van der Waals surface area contributed by atoms with Crippen LogP contribution in [0.4, 0.5) is 4.39 Å². The lowest BCUT2D eigenvalue weighted by molar-refractivity contribution is 0.0933. The van der Waals surface area contributed by atoms with E-state index in [0.29, 0.717) is 0 Å². The third-order valence-corrected chi connectivity index (χ3v) is 6.71. The molecule has 1 unspecified atom stereocenters. The first kappa shape index (κ1) is 22.2. The summed E-state index contributed by atoms with van der Waals surface area (Å²) in [6.45, 7) is 2.02. The number of sulfonamides is 1. The number of likely N-dealkylation sites (tertiary alicyclic amines) is 1. The minimum Gasteiger partial charge on any atom is -0.496 e. The molecule has 0 radical (unpaired) electrons. The molecule has 2 aromatic rings. The zero-order chi connectivity index (χ0) is 21.7. The molecule has 1 atom stereocenters. The second-order valence-electron chi connectivity index (χ2n) is 7.06. The average molecular weight is 436 g/mol. The monoisotopic (exact) mass is 435 g/mol. The van der Waals surface area contributed by atoms with Crippen LogP contribution >= 0.6 is 0 Å². The maximum Gasteiger partial charge on any atom is 0.254 e. The number of carbonyl (C=O) groups is 1. The van der Waals surface area contributed by atoms with Crippen LogP contribution in [0.1, 0.15) is 34.8 Å². The van der Waals surface area contributed by atoms with Gasteiger partial charge in [-0.2, -0.15) is 0 Å². The summed E-state index contributed by atoms with van der Waals surface area (Å²) in [5.74, 6) is -0.728. The molecule has 1 aliphatic rings. The Balaban J connectivity index is 1.84. The van der Waals surface area contributed by atoms with Gasteiger partial charge in [0.05, 0.1) is 23.6 Å². The number of benzene rings is 2. The minimum atomic E-state index is -3.79. The Labute approximate surface area is 176 Å². The zero-order valence-corrected chi connectivity index (χ0v) is 17.8. The van der Waals surface area contributed by atoms with Gasteiger partial charge in [0, 0.05) is 12.1 Å². The van der Waals surface area contributed by atoms with E-state index >= 15 is 0 Å². The topological polar surface area (TPSA) is 87.7 Å². The normalized spacial score (nSPS) is 15.7. The highest BCUT2D eigenvalue weighted by molar-refractivity contribution is 7.89. The Kier molecular flexibility index (Phi) is 7.06. The van der Waals surface area contributed by atoms with Crippen LogP contribution in [0, 0.1) is 5.82 Å². The van der Waals surface area contributed by atoms with Crippen molar-refractivity contribution in [3.63, 3.8) is 0 Å². The van der Waals surface area contributed by atoms with E-state index in [2.05, 4.69) is 14.9 Å². The van der Waals surface area contributed by atoms with Crippen molar-refractivity contribution in [2.24, 2.45) is 0 Å².